The minimum atomic E-state index is 0.186. The molecule has 7 nitrogen and oxygen atoms in total. The highest BCUT2D eigenvalue weighted by atomic mass is 35.5. The highest BCUT2D eigenvalue weighted by molar-refractivity contribution is 6.32. The van der Waals surface area contributed by atoms with Crippen LogP contribution in [0.5, 0.6) is 11.5 Å². The van der Waals surface area contributed by atoms with Crippen molar-refractivity contribution in [1.82, 2.24) is 15.6 Å². The van der Waals surface area contributed by atoms with E-state index < -0.39 is 0 Å². The molecule has 1 saturated heterocycles. The van der Waals surface area contributed by atoms with Gasteiger partial charge in [0.2, 0.25) is 0 Å². The highest BCUT2D eigenvalue weighted by Gasteiger charge is 2.25. The van der Waals surface area contributed by atoms with Crippen LogP contribution in [0.4, 0.5) is 5.82 Å². The van der Waals surface area contributed by atoms with Gasteiger partial charge in [0.05, 0.1) is 18.7 Å². The third-order valence-corrected chi connectivity index (χ3v) is 5.17. The number of pyridine rings is 1. The predicted octanol–water partition coefficient (Wildman–Crippen LogP) is 3.09. The number of nitrogens with one attached hydrogen (secondary N) is 2. The molecule has 3 rings (SSSR count). The quantitative estimate of drug-likeness (QED) is 0.372. The third-order valence-electron chi connectivity index (χ3n) is 4.87. The molecule has 1 fully saturated rings. The van der Waals surface area contributed by atoms with Crippen LogP contribution in [0.1, 0.15) is 18.9 Å². The minimum Gasteiger partial charge on any atom is -0.493 e. The van der Waals surface area contributed by atoms with Crippen molar-refractivity contribution in [3.05, 3.63) is 47.1 Å². The molecule has 1 aliphatic heterocycles. The van der Waals surface area contributed by atoms with E-state index in [1.807, 2.05) is 37.3 Å². The van der Waals surface area contributed by atoms with E-state index in [0.29, 0.717) is 23.1 Å². The zero-order valence-corrected chi connectivity index (χ0v) is 18.7. The van der Waals surface area contributed by atoms with Crippen LogP contribution in [-0.4, -0.2) is 50.3 Å². The van der Waals surface area contributed by atoms with Crippen molar-refractivity contribution in [3.8, 4) is 23.8 Å². The molecule has 1 aromatic carbocycles. The van der Waals surface area contributed by atoms with E-state index in [-0.39, 0.29) is 12.6 Å². The van der Waals surface area contributed by atoms with Crippen LogP contribution in [0, 0.1) is 12.3 Å². The number of methoxy groups -OCH3 is 1. The Kier molecular flexibility index (Phi) is 8.25. The lowest BCUT2D eigenvalue weighted by atomic mass is 10.2. The molecule has 0 spiro atoms. The molecule has 2 N–H and O–H groups in total. The number of anilines is 1. The number of terminal acetylenes is 1. The molecular formula is C23H28ClN5O2. The smallest absolute Gasteiger partial charge is 0.191 e. The minimum absolute atomic E-state index is 0.186. The van der Waals surface area contributed by atoms with Gasteiger partial charge in [-0.15, -0.1) is 6.42 Å². The monoisotopic (exact) mass is 441 g/mol. The highest BCUT2D eigenvalue weighted by Crippen LogP contribution is 2.28. The van der Waals surface area contributed by atoms with E-state index in [0.717, 1.165) is 43.4 Å². The molecule has 0 aliphatic carbocycles. The maximum Gasteiger partial charge on any atom is 0.191 e. The van der Waals surface area contributed by atoms with E-state index in [1.54, 1.807) is 13.3 Å². The van der Waals surface area contributed by atoms with Crippen molar-refractivity contribution in [2.24, 2.45) is 4.99 Å². The number of guanidine groups is 1. The number of aliphatic imine (C=N–C) groups is 1. The molecule has 2 aromatic rings. The SMILES string of the molecule is C#CCOc1cc(CN=C(NCC)NC2CCN(c3ncccc3Cl)C2)ccc1OC. The van der Waals surface area contributed by atoms with Crippen molar-refractivity contribution in [2.45, 2.75) is 25.9 Å². The molecule has 1 aliphatic rings. The molecule has 1 unspecified atom stereocenters. The zero-order valence-electron chi connectivity index (χ0n) is 17.9. The molecule has 31 heavy (non-hydrogen) atoms. The van der Waals surface area contributed by atoms with Crippen LogP contribution in [0.2, 0.25) is 5.02 Å². The van der Waals surface area contributed by atoms with Crippen LogP contribution in [-0.2, 0) is 6.54 Å². The number of aromatic nitrogens is 1. The third kappa shape index (κ3) is 6.19. The fourth-order valence-electron chi connectivity index (χ4n) is 3.42. The van der Waals surface area contributed by atoms with E-state index in [9.17, 15) is 0 Å². The number of ether oxygens (including phenoxy) is 2. The number of hydrogen-bond donors (Lipinski definition) is 2. The van der Waals surface area contributed by atoms with Crippen LogP contribution in [0.15, 0.2) is 41.5 Å². The predicted molar refractivity (Wildman–Crippen MR) is 125 cm³/mol. The van der Waals surface area contributed by atoms with Gasteiger partial charge in [0.1, 0.15) is 12.4 Å². The largest absolute Gasteiger partial charge is 0.493 e. The van der Waals surface area contributed by atoms with Gasteiger partial charge in [0, 0.05) is 31.9 Å². The van der Waals surface area contributed by atoms with E-state index in [1.165, 1.54) is 0 Å². The van der Waals surface area contributed by atoms with Gasteiger partial charge in [0.15, 0.2) is 17.5 Å². The van der Waals surface area contributed by atoms with E-state index in [2.05, 4.69) is 26.4 Å². The molecule has 8 heteroatoms. The van der Waals surface area contributed by atoms with Crippen LogP contribution in [0.25, 0.3) is 0 Å². The summed E-state index contributed by atoms with van der Waals surface area (Å²) in [5.74, 6) is 5.33. The molecule has 1 aromatic heterocycles. The standard InChI is InChI=1S/C23H28ClN5O2/c1-4-13-31-21-14-17(8-9-20(21)30-3)15-27-23(25-5-2)28-18-10-12-29(16-18)22-19(24)7-6-11-26-22/h1,6-9,11,14,18H,5,10,12-13,15-16H2,2-3H3,(H2,25,27,28). The second kappa shape index (κ2) is 11.3. The Balaban J connectivity index is 1.64. The Labute approximate surface area is 188 Å². The number of halogens is 1. The van der Waals surface area contributed by atoms with Crippen LogP contribution in [0.3, 0.4) is 0 Å². The van der Waals surface area contributed by atoms with Gasteiger partial charge in [0.25, 0.3) is 0 Å². The van der Waals surface area contributed by atoms with Gasteiger partial charge < -0.3 is 25.0 Å². The summed E-state index contributed by atoms with van der Waals surface area (Å²) in [6.45, 7) is 5.20. The topological polar surface area (TPSA) is 71.0 Å². The maximum atomic E-state index is 6.30. The second-order valence-corrected chi connectivity index (χ2v) is 7.47. The summed E-state index contributed by atoms with van der Waals surface area (Å²) in [7, 11) is 1.60. The van der Waals surface area contributed by atoms with Gasteiger partial charge in [-0.3, -0.25) is 0 Å². The zero-order chi connectivity index (χ0) is 22.1. The van der Waals surface area contributed by atoms with Crippen molar-refractivity contribution >= 4 is 23.4 Å². The molecule has 0 saturated carbocycles. The summed E-state index contributed by atoms with van der Waals surface area (Å²) >= 11 is 6.30. The van der Waals surface area contributed by atoms with Gasteiger partial charge in [-0.2, -0.15) is 0 Å². The summed E-state index contributed by atoms with van der Waals surface area (Å²) < 4.78 is 10.9. The normalized spacial score (nSPS) is 16.0. The first-order chi connectivity index (χ1) is 15.1. The lowest BCUT2D eigenvalue weighted by Crippen LogP contribution is -2.44. The number of nitrogens with zero attached hydrogens (tertiary/aromatic N) is 3. The Bertz CT molecular complexity index is 944. The number of rotatable bonds is 8. The summed E-state index contributed by atoms with van der Waals surface area (Å²) in [4.78, 5) is 11.3. The van der Waals surface area contributed by atoms with Crippen molar-refractivity contribution < 1.29 is 9.47 Å². The van der Waals surface area contributed by atoms with Gasteiger partial charge >= 0.3 is 0 Å². The average Bonchev–Trinajstić information content (AvgIpc) is 3.24. The first-order valence-corrected chi connectivity index (χ1v) is 10.7. The molecule has 0 radical (unpaired) electrons. The number of benzene rings is 1. The van der Waals surface area contributed by atoms with Crippen LogP contribution >= 0.6 is 11.6 Å². The maximum absolute atomic E-state index is 6.30. The second-order valence-electron chi connectivity index (χ2n) is 7.06. The lowest BCUT2D eigenvalue weighted by molar-refractivity contribution is 0.330. The van der Waals surface area contributed by atoms with Gasteiger partial charge in [-0.05, 0) is 43.2 Å². The van der Waals surface area contributed by atoms with E-state index >= 15 is 0 Å². The van der Waals surface area contributed by atoms with E-state index in [4.69, 9.17) is 32.5 Å². The summed E-state index contributed by atoms with van der Waals surface area (Å²) in [6, 6.07) is 9.70. The van der Waals surface area contributed by atoms with Gasteiger partial charge in [-0.25, -0.2) is 9.98 Å². The molecule has 0 amide bonds. The Hall–Kier alpha value is -3.11. The first-order valence-electron chi connectivity index (χ1n) is 10.3. The lowest BCUT2D eigenvalue weighted by Gasteiger charge is -2.20. The molecule has 1 atom stereocenters. The summed E-state index contributed by atoms with van der Waals surface area (Å²) in [5.41, 5.74) is 0.998. The Morgan fingerprint density at radius 2 is 2.26 bits per heavy atom. The molecular weight excluding hydrogens is 414 g/mol. The van der Waals surface area contributed by atoms with Crippen molar-refractivity contribution in [1.29, 1.82) is 0 Å². The first kappa shape index (κ1) is 22.6. The average molecular weight is 442 g/mol. The number of hydrogen-bond acceptors (Lipinski definition) is 5. The Morgan fingerprint density at radius 3 is 3.00 bits per heavy atom. The van der Waals surface area contributed by atoms with Crippen molar-refractivity contribution in [2.75, 3.05) is 38.3 Å². The Morgan fingerprint density at radius 1 is 1.39 bits per heavy atom. The molecule has 164 valence electrons. The van der Waals surface area contributed by atoms with Gasteiger partial charge in [-0.1, -0.05) is 23.6 Å². The fraction of sp³-hybridized carbons (Fsp3) is 0.391. The summed E-state index contributed by atoms with van der Waals surface area (Å²) in [6.07, 6.45) is 8.05. The molecule has 2 heterocycles. The van der Waals surface area contributed by atoms with Crippen LogP contribution < -0.4 is 25.0 Å². The molecule has 0 bridgehead atoms. The van der Waals surface area contributed by atoms with Crippen molar-refractivity contribution in [3.63, 3.8) is 0 Å². The fourth-order valence-corrected chi connectivity index (χ4v) is 3.66. The summed E-state index contributed by atoms with van der Waals surface area (Å²) in [5, 5.41) is 7.51.